The van der Waals surface area contributed by atoms with Crippen molar-refractivity contribution in [2.24, 2.45) is 0 Å². The molecule has 2 amide bonds. The van der Waals surface area contributed by atoms with E-state index in [1.165, 1.54) is 16.7 Å². The first-order valence-electron chi connectivity index (χ1n) is 8.22. The second kappa shape index (κ2) is 8.02. The summed E-state index contributed by atoms with van der Waals surface area (Å²) in [5, 5.41) is 9.27. The number of imide groups is 1. The van der Waals surface area contributed by atoms with Crippen molar-refractivity contribution in [1.29, 1.82) is 5.26 Å². The molecular formula is C19H16BrN3O2S. The highest BCUT2D eigenvalue weighted by molar-refractivity contribution is 9.10. The number of rotatable bonds is 5. The Bertz CT molecular complexity index is 893. The summed E-state index contributed by atoms with van der Waals surface area (Å²) in [4.78, 5) is 30.9. The molecule has 7 heteroatoms. The quantitative estimate of drug-likeness (QED) is 0.668. The molecule has 26 heavy (non-hydrogen) atoms. The summed E-state index contributed by atoms with van der Waals surface area (Å²) in [6.07, 6.45) is 1.85. The molecule has 132 valence electrons. The number of pyridine rings is 1. The Morgan fingerprint density at radius 2 is 2.00 bits per heavy atom. The van der Waals surface area contributed by atoms with E-state index in [9.17, 15) is 14.9 Å². The highest BCUT2D eigenvalue weighted by atomic mass is 79.9. The third-order valence-corrected chi connectivity index (χ3v) is 5.70. The number of hydrogen-bond acceptors (Lipinski definition) is 5. The lowest BCUT2D eigenvalue weighted by molar-refractivity contribution is -0.121. The maximum atomic E-state index is 12.8. The molecule has 1 aromatic heterocycles. The molecule has 1 aliphatic heterocycles. The largest absolute Gasteiger partial charge is 0.274 e. The van der Waals surface area contributed by atoms with Crippen LogP contribution in [0.15, 0.2) is 45.9 Å². The van der Waals surface area contributed by atoms with Crippen LogP contribution in [0, 0.1) is 11.3 Å². The number of anilines is 1. The maximum absolute atomic E-state index is 12.8. The summed E-state index contributed by atoms with van der Waals surface area (Å²) >= 11 is 4.55. The zero-order chi connectivity index (χ0) is 18.7. The molecule has 0 bridgehead atoms. The molecular weight excluding hydrogens is 414 g/mol. The first-order chi connectivity index (χ1) is 12.5. The van der Waals surface area contributed by atoms with E-state index in [1.807, 2.05) is 6.07 Å². The number of aromatic nitrogens is 1. The van der Waals surface area contributed by atoms with Crippen LogP contribution >= 0.6 is 27.7 Å². The number of hydrogen-bond donors (Lipinski definition) is 0. The molecule has 3 rings (SSSR count). The number of amides is 2. The van der Waals surface area contributed by atoms with E-state index in [1.54, 1.807) is 30.3 Å². The second-order valence-corrected chi connectivity index (χ2v) is 7.98. The zero-order valence-electron chi connectivity index (χ0n) is 14.1. The fourth-order valence-corrected chi connectivity index (χ4v) is 4.12. The molecule has 0 unspecified atom stereocenters. The third kappa shape index (κ3) is 3.81. The van der Waals surface area contributed by atoms with E-state index in [-0.39, 0.29) is 18.2 Å². The summed E-state index contributed by atoms with van der Waals surface area (Å²) in [5.41, 5.74) is 1.87. The lowest BCUT2D eigenvalue weighted by Gasteiger charge is -2.15. The van der Waals surface area contributed by atoms with Gasteiger partial charge in [-0.3, -0.25) is 9.59 Å². The van der Waals surface area contributed by atoms with Gasteiger partial charge in [-0.15, -0.1) is 0 Å². The molecule has 1 fully saturated rings. The molecule has 2 aromatic rings. The molecule has 5 nitrogen and oxygen atoms in total. The summed E-state index contributed by atoms with van der Waals surface area (Å²) in [6, 6.07) is 12.7. The number of nitrogens with zero attached hydrogens (tertiary/aromatic N) is 3. The van der Waals surface area contributed by atoms with Crippen molar-refractivity contribution in [3.63, 3.8) is 0 Å². The zero-order valence-corrected chi connectivity index (χ0v) is 16.5. The number of carbonyl (C=O) groups is 2. The first kappa shape index (κ1) is 18.6. The third-order valence-electron chi connectivity index (χ3n) is 3.99. The van der Waals surface area contributed by atoms with Crippen LogP contribution in [0.5, 0.6) is 0 Å². The van der Waals surface area contributed by atoms with Gasteiger partial charge in [-0.1, -0.05) is 41.0 Å². The number of thioether (sulfide) groups is 1. The van der Waals surface area contributed by atoms with Gasteiger partial charge in [-0.25, -0.2) is 9.88 Å². The molecule has 1 aliphatic rings. The number of aryl methyl sites for hydroxylation is 1. The minimum absolute atomic E-state index is 0.101. The van der Waals surface area contributed by atoms with Crippen LogP contribution in [0.3, 0.4) is 0 Å². The Balaban J connectivity index is 1.84. The van der Waals surface area contributed by atoms with E-state index in [0.717, 1.165) is 23.0 Å². The summed E-state index contributed by atoms with van der Waals surface area (Å²) in [5.74, 6) is -0.507. The first-order valence-corrected chi connectivity index (χ1v) is 9.89. The number of halogens is 1. The SMILES string of the molecule is CCCc1ccc(C#N)c(S[C@H]2CC(=O)N(c3ccc(Br)cc3)C2=O)n1. The van der Waals surface area contributed by atoms with Crippen molar-refractivity contribution < 1.29 is 9.59 Å². The number of benzene rings is 1. The minimum Gasteiger partial charge on any atom is -0.274 e. The fourth-order valence-electron chi connectivity index (χ4n) is 2.74. The predicted molar refractivity (Wildman–Crippen MR) is 104 cm³/mol. The van der Waals surface area contributed by atoms with Gasteiger partial charge in [0, 0.05) is 16.6 Å². The van der Waals surface area contributed by atoms with Crippen LogP contribution in [0.1, 0.15) is 31.0 Å². The minimum atomic E-state index is -0.567. The van der Waals surface area contributed by atoms with Gasteiger partial charge in [-0.05, 0) is 42.8 Å². The van der Waals surface area contributed by atoms with Crippen molar-refractivity contribution >= 4 is 45.2 Å². The van der Waals surface area contributed by atoms with E-state index in [4.69, 9.17) is 0 Å². The standard InChI is InChI=1S/C19H16BrN3O2S/c1-2-3-14-7-4-12(11-21)18(22-14)26-16-10-17(24)23(19(16)25)15-8-5-13(20)6-9-15/h4-9,16H,2-3,10H2,1H3/t16-/m0/s1. The van der Waals surface area contributed by atoms with Gasteiger partial charge in [0.25, 0.3) is 0 Å². The summed E-state index contributed by atoms with van der Waals surface area (Å²) < 4.78 is 0.877. The lowest BCUT2D eigenvalue weighted by Crippen LogP contribution is -2.31. The van der Waals surface area contributed by atoms with E-state index in [0.29, 0.717) is 16.3 Å². The predicted octanol–water partition coefficient (Wildman–Crippen LogP) is 4.09. The van der Waals surface area contributed by atoms with Gasteiger partial charge in [0.2, 0.25) is 11.8 Å². The summed E-state index contributed by atoms with van der Waals surface area (Å²) in [6.45, 7) is 2.06. The average molecular weight is 430 g/mol. The highest BCUT2D eigenvalue weighted by Gasteiger charge is 2.40. The Morgan fingerprint density at radius 3 is 2.65 bits per heavy atom. The molecule has 1 atom stereocenters. The Kier molecular flexibility index (Phi) is 5.74. The molecule has 0 N–H and O–H groups in total. The molecule has 0 radical (unpaired) electrons. The second-order valence-electron chi connectivity index (χ2n) is 5.87. The van der Waals surface area contributed by atoms with Crippen LogP contribution in [0.25, 0.3) is 0 Å². The Hall–Kier alpha value is -2.17. The van der Waals surface area contributed by atoms with E-state index in [2.05, 4.69) is 33.9 Å². The highest BCUT2D eigenvalue weighted by Crippen LogP contribution is 2.35. The van der Waals surface area contributed by atoms with Crippen molar-refractivity contribution in [3.05, 3.63) is 52.1 Å². The average Bonchev–Trinajstić information content (AvgIpc) is 2.90. The summed E-state index contributed by atoms with van der Waals surface area (Å²) in [7, 11) is 0. The van der Waals surface area contributed by atoms with Crippen LogP contribution in [-0.4, -0.2) is 22.0 Å². The van der Waals surface area contributed by atoms with E-state index < -0.39 is 5.25 Å². The molecule has 1 saturated heterocycles. The molecule has 2 heterocycles. The van der Waals surface area contributed by atoms with Gasteiger partial charge in [-0.2, -0.15) is 5.26 Å². The normalized spacial score (nSPS) is 16.8. The molecule has 1 aromatic carbocycles. The molecule has 0 spiro atoms. The topological polar surface area (TPSA) is 74.1 Å². The van der Waals surface area contributed by atoms with Gasteiger partial charge < -0.3 is 0 Å². The van der Waals surface area contributed by atoms with Gasteiger partial charge in [0.05, 0.1) is 16.5 Å². The van der Waals surface area contributed by atoms with Crippen LogP contribution < -0.4 is 4.90 Å². The smallest absolute Gasteiger partial charge is 0.247 e. The van der Waals surface area contributed by atoms with Gasteiger partial charge in [0.1, 0.15) is 11.1 Å². The van der Waals surface area contributed by atoms with E-state index >= 15 is 0 Å². The monoisotopic (exact) mass is 429 g/mol. The van der Waals surface area contributed by atoms with Crippen molar-refractivity contribution in [2.45, 2.75) is 36.5 Å². The van der Waals surface area contributed by atoms with Crippen molar-refractivity contribution in [2.75, 3.05) is 4.90 Å². The van der Waals surface area contributed by atoms with Crippen molar-refractivity contribution in [3.8, 4) is 6.07 Å². The Morgan fingerprint density at radius 1 is 1.27 bits per heavy atom. The van der Waals surface area contributed by atoms with Gasteiger partial charge >= 0.3 is 0 Å². The van der Waals surface area contributed by atoms with Crippen LogP contribution in [-0.2, 0) is 16.0 Å². The maximum Gasteiger partial charge on any atom is 0.247 e. The van der Waals surface area contributed by atoms with Crippen molar-refractivity contribution in [1.82, 2.24) is 4.98 Å². The lowest BCUT2D eigenvalue weighted by atomic mass is 10.2. The number of carbonyl (C=O) groups excluding carboxylic acids is 2. The number of nitriles is 1. The van der Waals surface area contributed by atoms with Crippen LogP contribution in [0.2, 0.25) is 0 Å². The Labute approximate surface area is 164 Å². The van der Waals surface area contributed by atoms with Gasteiger partial charge in [0.15, 0.2) is 0 Å². The molecule has 0 saturated carbocycles. The van der Waals surface area contributed by atoms with Crippen LogP contribution in [0.4, 0.5) is 5.69 Å². The fraction of sp³-hybridized carbons (Fsp3) is 0.263. The molecule has 0 aliphatic carbocycles.